The number of rotatable bonds is 2. The van der Waals surface area contributed by atoms with Crippen LogP contribution in [0.3, 0.4) is 0 Å². The Morgan fingerprint density at radius 2 is 2.28 bits per heavy atom. The molecule has 0 aromatic carbocycles. The molecule has 6 nitrogen and oxygen atoms in total. The van der Waals surface area contributed by atoms with E-state index in [4.69, 9.17) is 15.6 Å². The number of ether oxygens (including phenoxy) is 1. The zero-order valence-corrected chi connectivity index (χ0v) is 9.33. The number of aliphatic hydroxyl groups is 2. The second-order valence-electron chi connectivity index (χ2n) is 4.00. The monoisotopic (exact) mass is 261 g/mol. The molecule has 2 unspecified atom stereocenters. The number of hydrogen-bond donors (Lipinski definition) is 3. The van der Waals surface area contributed by atoms with Gasteiger partial charge in [-0.2, -0.15) is 8.78 Å². The molecule has 2 rings (SSSR count). The summed E-state index contributed by atoms with van der Waals surface area (Å²) in [6, 6.07) is 0. The van der Waals surface area contributed by atoms with E-state index in [1.165, 1.54) is 12.3 Å². The van der Waals surface area contributed by atoms with Crippen molar-refractivity contribution < 1.29 is 23.7 Å². The van der Waals surface area contributed by atoms with Gasteiger partial charge < -0.3 is 25.6 Å². The minimum Gasteiger partial charge on any atom is -0.394 e. The number of nitrogens with two attached hydrogens (primary N) is 1. The molecule has 0 radical (unpaired) electrons. The lowest BCUT2D eigenvalue weighted by Gasteiger charge is -2.31. The van der Waals surface area contributed by atoms with Gasteiger partial charge in [0.25, 0.3) is 0 Å². The highest BCUT2D eigenvalue weighted by Gasteiger charge is 2.60. The molecule has 0 aromatic heterocycles. The van der Waals surface area contributed by atoms with Crippen molar-refractivity contribution in [2.75, 3.05) is 6.61 Å². The Morgan fingerprint density at radius 1 is 1.61 bits per heavy atom. The second-order valence-corrected chi connectivity index (χ2v) is 4.00. The third-order valence-electron chi connectivity index (χ3n) is 2.77. The molecule has 3 atom stereocenters. The van der Waals surface area contributed by atoms with Crippen molar-refractivity contribution in [3.63, 3.8) is 0 Å². The first kappa shape index (κ1) is 12.9. The SMILES string of the molecule is C=C1N=C(N)C=CN1[C@@H]1OC(CO)C(O)C1(F)F. The van der Waals surface area contributed by atoms with Gasteiger partial charge in [-0.1, -0.05) is 6.58 Å². The van der Waals surface area contributed by atoms with Crippen molar-refractivity contribution in [3.05, 3.63) is 24.7 Å². The zero-order valence-electron chi connectivity index (χ0n) is 9.33. The highest BCUT2D eigenvalue weighted by molar-refractivity contribution is 5.92. The summed E-state index contributed by atoms with van der Waals surface area (Å²) in [6.45, 7) is 2.78. The van der Waals surface area contributed by atoms with E-state index in [9.17, 15) is 13.9 Å². The summed E-state index contributed by atoms with van der Waals surface area (Å²) < 4.78 is 32.6. The Balaban J connectivity index is 2.25. The lowest BCUT2D eigenvalue weighted by atomic mass is 10.1. The molecule has 0 aliphatic carbocycles. The van der Waals surface area contributed by atoms with Gasteiger partial charge in [0.1, 0.15) is 17.8 Å². The van der Waals surface area contributed by atoms with Crippen LogP contribution in [0.1, 0.15) is 0 Å². The summed E-state index contributed by atoms with van der Waals surface area (Å²) in [5.41, 5.74) is 5.39. The van der Waals surface area contributed by atoms with Crippen molar-refractivity contribution in [1.29, 1.82) is 0 Å². The minimum absolute atomic E-state index is 0.0227. The number of alkyl halides is 2. The first-order valence-corrected chi connectivity index (χ1v) is 5.19. The molecule has 1 saturated heterocycles. The molecule has 4 N–H and O–H groups in total. The third-order valence-corrected chi connectivity index (χ3v) is 2.77. The molecule has 18 heavy (non-hydrogen) atoms. The number of amidine groups is 1. The molecule has 2 aliphatic heterocycles. The second kappa shape index (κ2) is 4.30. The van der Waals surface area contributed by atoms with Gasteiger partial charge in [-0.3, -0.25) is 0 Å². The number of halogens is 2. The van der Waals surface area contributed by atoms with Gasteiger partial charge in [-0.25, -0.2) is 4.99 Å². The number of nitrogens with zero attached hydrogens (tertiary/aromatic N) is 2. The summed E-state index contributed by atoms with van der Waals surface area (Å²) >= 11 is 0. The van der Waals surface area contributed by atoms with Crippen molar-refractivity contribution in [2.24, 2.45) is 10.7 Å². The smallest absolute Gasteiger partial charge is 0.320 e. The lowest BCUT2D eigenvalue weighted by molar-refractivity contribution is -0.148. The van der Waals surface area contributed by atoms with Crippen LogP contribution in [0.5, 0.6) is 0 Å². The Bertz CT molecular complexity index is 425. The van der Waals surface area contributed by atoms with Gasteiger partial charge in [0.05, 0.1) is 6.61 Å². The average Bonchev–Trinajstić information content (AvgIpc) is 2.52. The summed E-state index contributed by atoms with van der Waals surface area (Å²) in [5, 5.41) is 18.2. The van der Waals surface area contributed by atoms with Crippen LogP contribution < -0.4 is 5.73 Å². The maximum absolute atomic E-state index is 13.8. The lowest BCUT2D eigenvalue weighted by Crippen LogP contribution is -2.47. The highest BCUT2D eigenvalue weighted by Crippen LogP contribution is 2.39. The maximum atomic E-state index is 13.8. The van der Waals surface area contributed by atoms with Gasteiger partial charge in [-0.15, -0.1) is 0 Å². The standard InChI is InChI=1S/C10H13F2N3O3/c1-5-14-7(13)2-3-15(5)9-10(11,12)8(17)6(4-16)18-9/h2-3,6,8-9,16-17H,1,4H2,(H2,13,14)/t6?,8?,9-/m1/s1. The summed E-state index contributed by atoms with van der Waals surface area (Å²) in [5.74, 6) is -3.44. The molecule has 0 aromatic rings. The first-order valence-electron chi connectivity index (χ1n) is 5.19. The van der Waals surface area contributed by atoms with Gasteiger partial charge in [0.2, 0.25) is 6.23 Å². The first-order chi connectivity index (χ1) is 8.37. The fraction of sp³-hybridized carbons (Fsp3) is 0.500. The van der Waals surface area contributed by atoms with E-state index in [0.29, 0.717) is 0 Å². The Kier molecular flexibility index (Phi) is 3.09. The molecular formula is C10H13F2N3O3. The molecule has 8 heteroatoms. The quantitative estimate of drug-likeness (QED) is 0.615. The topological polar surface area (TPSA) is 91.3 Å². The van der Waals surface area contributed by atoms with Crippen molar-refractivity contribution in [2.45, 2.75) is 24.4 Å². The van der Waals surface area contributed by atoms with Crippen LogP contribution in [0.25, 0.3) is 0 Å². The van der Waals surface area contributed by atoms with E-state index in [0.717, 1.165) is 4.90 Å². The van der Waals surface area contributed by atoms with Gasteiger partial charge in [0, 0.05) is 6.20 Å². The van der Waals surface area contributed by atoms with Gasteiger partial charge in [0.15, 0.2) is 6.10 Å². The minimum atomic E-state index is -3.55. The molecule has 0 saturated carbocycles. The molecule has 0 amide bonds. The van der Waals surface area contributed by atoms with Gasteiger partial charge >= 0.3 is 5.92 Å². The zero-order chi connectivity index (χ0) is 13.5. The molecule has 2 aliphatic rings. The van der Waals surface area contributed by atoms with E-state index in [-0.39, 0.29) is 11.7 Å². The molecular weight excluding hydrogens is 248 g/mol. The number of aliphatic imine (C=N–C) groups is 1. The van der Waals surface area contributed by atoms with Crippen LogP contribution in [0.15, 0.2) is 29.7 Å². The molecule has 0 spiro atoms. The predicted octanol–water partition coefficient (Wildman–Crippen LogP) is -0.643. The van der Waals surface area contributed by atoms with Crippen LogP contribution in [-0.2, 0) is 4.74 Å². The fourth-order valence-electron chi connectivity index (χ4n) is 1.82. The highest BCUT2D eigenvalue weighted by atomic mass is 19.3. The van der Waals surface area contributed by atoms with Crippen LogP contribution in [0, 0.1) is 0 Å². The van der Waals surface area contributed by atoms with E-state index < -0.39 is 31.0 Å². The van der Waals surface area contributed by atoms with Crippen LogP contribution in [0.2, 0.25) is 0 Å². The van der Waals surface area contributed by atoms with Gasteiger partial charge in [-0.05, 0) is 6.08 Å². The van der Waals surface area contributed by atoms with E-state index in [1.54, 1.807) is 0 Å². The van der Waals surface area contributed by atoms with Crippen LogP contribution >= 0.6 is 0 Å². The summed E-state index contributed by atoms with van der Waals surface area (Å²) in [4.78, 5) is 4.70. The Morgan fingerprint density at radius 3 is 2.78 bits per heavy atom. The van der Waals surface area contributed by atoms with Crippen molar-refractivity contribution >= 4 is 5.84 Å². The molecule has 0 bridgehead atoms. The van der Waals surface area contributed by atoms with Crippen LogP contribution in [0.4, 0.5) is 8.78 Å². The Hall–Kier alpha value is -1.51. The van der Waals surface area contributed by atoms with E-state index in [2.05, 4.69) is 11.6 Å². The summed E-state index contributed by atoms with van der Waals surface area (Å²) in [6.07, 6.45) is -2.65. The number of aliphatic hydroxyl groups excluding tert-OH is 2. The number of hydrogen-bond acceptors (Lipinski definition) is 6. The maximum Gasteiger partial charge on any atom is 0.320 e. The fourth-order valence-corrected chi connectivity index (χ4v) is 1.82. The largest absolute Gasteiger partial charge is 0.394 e. The van der Waals surface area contributed by atoms with E-state index >= 15 is 0 Å². The van der Waals surface area contributed by atoms with Crippen molar-refractivity contribution in [3.8, 4) is 0 Å². The average molecular weight is 261 g/mol. The third kappa shape index (κ3) is 1.88. The van der Waals surface area contributed by atoms with E-state index in [1.807, 2.05) is 0 Å². The predicted molar refractivity (Wildman–Crippen MR) is 58.4 cm³/mol. The molecule has 100 valence electrons. The van der Waals surface area contributed by atoms with Crippen LogP contribution in [-0.4, -0.2) is 51.9 Å². The molecule has 2 heterocycles. The molecule has 1 fully saturated rings. The Labute approximate surface area is 102 Å². The normalized spacial score (nSPS) is 34.9. The summed E-state index contributed by atoms with van der Waals surface area (Å²) in [7, 11) is 0. The van der Waals surface area contributed by atoms with Crippen molar-refractivity contribution in [1.82, 2.24) is 4.90 Å².